The third kappa shape index (κ3) is 6.73. The van der Waals surface area contributed by atoms with Crippen LogP contribution in [0.5, 0.6) is 0 Å². The number of carbonyl (C=O) groups excluding carboxylic acids is 2. The van der Waals surface area contributed by atoms with E-state index < -0.39 is 11.9 Å². The molecule has 0 aliphatic carbocycles. The van der Waals surface area contributed by atoms with Gasteiger partial charge in [-0.05, 0) is 144 Å². The van der Waals surface area contributed by atoms with E-state index in [1.54, 1.807) is 30.3 Å². The molecule has 3 heterocycles. The Morgan fingerprint density at radius 2 is 1.20 bits per heavy atom. The van der Waals surface area contributed by atoms with Crippen LogP contribution in [0, 0.1) is 0 Å². The van der Waals surface area contributed by atoms with Crippen LogP contribution in [0.3, 0.4) is 0 Å². The van der Waals surface area contributed by atoms with Gasteiger partial charge in [0.25, 0.3) is 5.91 Å². The molecule has 0 fully saturated rings. The topological polar surface area (TPSA) is 79.3 Å². The number of aliphatic carboxylic acids is 1. The van der Waals surface area contributed by atoms with Gasteiger partial charge in [0.15, 0.2) is 0 Å². The van der Waals surface area contributed by atoms with Gasteiger partial charge in [-0.1, -0.05) is 74.5 Å². The summed E-state index contributed by atoms with van der Waals surface area (Å²) in [7, 11) is 0. The van der Waals surface area contributed by atoms with Crippen molar-refractivity contribution in [2.45, 2.75) is 52.4 Å². The monoisotopic (exact) mass is 711 g/mol. The van der Waals surface area contributed by atoms with Gasteiger partial charge in [-0.15, -0.1) is 0 Å². The number of hydrogen-bond acceptors (Lipinski definition) is 6. The van der Waals surface area contributed by atoms with Gasteiger partial charge in [0.2, 0.25) is 0 Å². The maximum Gasteiger partial charge on any atom is 0.281 e. The number of aryl methyl sites for hydroxylation is 4. The van der Waals surface area contributed by atoms with E-state index in [4.69, 9.17) is 0 Å². The SMILES string of the molecule is CCc1ccc(N2CCCc3cc(C(=C/C=C4\C(=O)N(c5ccccc5)N=C4C(=O)[O-])c4ccc5c(c4)CCCN5c4ccc(CC)cc4)ccc32)cc1. The number of fused-ring (bicyclic) bond motifs is 2. The zero-order valence-corrected chi connectivity index (χ0v) is 30.8. The lowest BCUT2D eigenvalue weighted by Gasteiger charge is -2.33. The van der Waals surface area contributed by atoms with Crippen molar-refractivity contribution >= 4 is 51.6 Å². The van der Waals surface area contributed by atoms with Crippen LogP contribution in [0.1, 0.15) is 60.1 Å². The van der Waals surface area contributed by atoms with Gasteiger partial charge in [0.1, 0.15) is 5.71 Å². The van der Waals surface area contributed by atoms with Crippen LogP contribution in [-0.2, 0) is 35.3 Å². The van der Waals surface area contributed by atoms with Crippen molar-refractivity contribution < 1.29 is 14.7 Å². The van der Waals surface area contributed by atoms with E-state index in [-0.39, 0.29) is 11.3 Å². The van der Waals surface area contributed by atoms with Crippen molar-refractivity contribution in [3.05, 3.63) is 166 Å². The van der Waals surface area contributed by atoms with E-state index >= 15 is 0 Å². The van der Waals surface area contributed by atoms with Gasteiger partial charge in [-0.2, -0.15) is 10.1 Å². The molecule has 5 aromatic carbocycles. The zero-order valence-electron chi connectivity index (χ0n) is 30.8. The molecular weight excluding hydrogens is 669 g/mol. The molecule has 0 saturated carbocycles. The summed E-state index contributed by atoms with van der Waals surface area (Å²) in [6, 6.07) is 39.7. The Kier molecular flexibility index (Phi) is 9.70. The van der Waals surface area contributed by atoms with E-state index in [1.807, 2.05) is 12.1 Å². The summed E-state index contributed by atoms with van der Waals surface area (Å²) in [5.41, 5.74) is 12.9. The first-order valence-corrected chi connectivity index (χ1v) is 19.0. The average Bonchev–Trinajstić information content (AvgIpc) is 3.56. The van der Waals surface area contributed by atoms with Crippen LogP contribution in [-0.4, -0.2) is 30.7 Å². The number of hydrazone groups is 1. The van der Waals surface area contributed by atoms with E-state index in [0.717, 1.165) is 73.3 Å². The number of carboxylic acids is 1. The van der Waals surface area contributed by atoms with E-state index in [0.29, 0.717) is 5.69 Å². The zero-order chi connectivity index (χ0) is 37.2. The highest BCUT2D eigenvalue weighted by Gasteiger charge is 2.31. The van der Waals surface area contributed by atoms with Crippen LogP contribution in [0.25, 0.3) is 5.57 Å². The van der Waals surface area contributed by atoms with Crippen LogP contribution >= 0.6 is 0 Å². The number of hydrogen-bond donors (Lipinski definition) is 0. The molecule has 5 aromatic rings. The molecule has 270 valence electrons. The predicted molar refractivity (Wildman–Crippen MR) is 217 cm³/mol. The standard InChI is InChI=1S/C47H44N4O3/c1-3-32-14-20-38(21-15-32)49-28-8-10-36-30-34(18-26-43(36)49)41(24-25-42-45(47(53)54)48-51(46(42)52)40-12-6-5-7-13-40)35-19-27-44-37(31-35)11-9-29-50(44)39-22-16-33(4-2)17-23-39/h5-7,12-27,30-31H,3-4,8-11,28-29H2,1-2H3,(H,53,54)/p-1/b42-25-. The van der Waals surface area contributed by atoms with Crippen molar-refractivity contribution in [2.24, 2.45) is 5.10 Å². The van der Waals surface area contributed by atoms with Crippen molar-refractivity contribution in [3.63, 3.8) is 0 Å². The summed E-state index contributed by atoms with van der Waals surface area (Å²) in [5.74, 6) is -2.01. The van der Waals surface area contributed by atoms with Crippen molar-refractivity contribution in [2.75, 3.05) is 27.9 Å². The molecule has 0 bridgehead atoms. The number of allylic oxidation sites excluding steroid dienone is 2. The molecule has 1 amide bonds. The van der Waals surface area contributed by atoms with Gasteiger partial charge in [0, 0.05) is 35.8 Å². The third-order valence-electron chi connectivity index (χ3n) is 10.8. The summed E-state index contributed by atoms with van der Waals surface area (Å²) in [6.07, 6.45) is 9.42. The first-order chi connectivity index (χ1) is 26.4. The summed E-state index contributed by atoms with van der Waals surface area (Å²) in [5, 5.41) is 17.6. The second kappa shape index (κ2) is 15.0. The van der Waals surface area contributed by atoms with E-state index in [2.05, 4.69) is 114 Å². The number of amides is 1. The Morgan fingerprint density at radius 1 is 0.685 bits per heavy atom. The maximum absolute atomic E-state index is 13.7. The Bertz CT molecular complexity index is 2200. The number of carboxylic acid groups (broad SMARTS) is 1. The van der Waals surface area contributed by atoms with Crippen LogP contribution in [0.2, 0.25) is 0 Å². The largest absolute Gasteiger partial charge is 0.543 e. The molecule has 0 radical (unpaired) electrons. The summed E-state index contributed by atoms with van der Waals surface area (Å²) >= 11 is 0. The quantitative estimate of drug-likeness (QED) is 0.143. The normalized spacial score (nSPS) is 15.9. The first-order valence-electron chi connectivity index (χ1n) is 19.0. The Balaban J connectivity index is 1.21. The molecule has 0 spiro atoms. The second-order valence-electron chi connectivity index (χ2n) is 14.1. The highest BCUT2D eigenvalue weighted by molar-refractivity contribution is 6.52. The van der Waals surface area contributed by atoms with Crippen LogP contribution < -0.4 is 19.9 Å². The molecule has 0 unspecified atom stereocenters. The third-order valence-corrected chi connectivity index (χ3v) is 10.8. The highest BCUT2D eigenvalue weighted by Crippen LogP contribution is 2.39. The van der Waals surface area contributed by atoms with Crippen LogP contribution in [0.15, 0.2) is 138 Å². The fourth-order valence-electron chi connectivity index (χ4n) is 7.87. The van der Waals surface area contributed by atoms with Crippen molar-refractivity contribution in [1.82, 2.24) is 0 Å². The smallest absolute Gasteiger partial charge is 0.281 e. The van der Waals surface area contributed by atoms with Gasteiger partial charge in [0.05, 0.1) is 17.2 Å². The van der Waals surface area contributed by atoms with Gasteiger partial charge in [-0.3, -0.25) is 4.79 Å². The molecule has 0 N–H and O–H groups in total. The van der Waals surface area contributed by atoms with Crippen molar-refractivity contribution in [3.8, 4) is 0 Å². The maximum atomic E-state index is 13.7. The minimum atomic E-state index is -1.50. The minimum Gasteiger partial charge on any atom is -0.543 e. The predicted octanol–water partition coefficient (Wildman–Crippen LogP) is 8.49. The molecule has 0 aromatic heterocycles. The molecule has 3 aliphatic rings. The number of para-hydroxylation sites is 1. The number of nitrogens with zero attached hydrogens (tertiary/aromatic N) is 4. The molecule has 7 nitrogen and oxygen atoms in total. The highest BCUT2D eigenvalue weighted by atomic mass is 16.4. The second-order valence-corrected chi connectivity index (χ2v) is 14.1. The average molecular weight is 712 g/mol. The Labute approximate surface area is 317 Å². The molecular formula is C47H43N4O3-. The van der Waals surface area contributed by atoms with Crippen molar-refractivity contribution in [1.29, 1.82) is 0 Å². The molecule has 0 saturated heterocycles. The lowest BCUT2D eigenvalue weighted by molar-refractivity contribution is -0.294. The summed E-state index contributed by atoms with van der Waals surface area (Å²) < 4.78 is 0. The molecule has 8 rings (SSSR count). The fourth-order valence-corrected chi connectivity index (χ4v) is 7.87. The van der Waals surface area contributed by atoms with E-state index in [9.17, 15) is 14.7 Å². The number of rotatable bonds is 9. The van der Waals surface area contributed by atoms with Gasteiger partial charge < -0.3 is 19.7 Å². The fraction of sp³-hybridized carbons (Fsp3) is 0.213. The lowest BCUT2D eigenvalue weighted by atomic mass is 9.89. The number of benzene rings is 5. The molecule has 3 aliphatic heterocycles. The summed E-state index contributed by atoms with van der Waals surface area (Å²) in [6.45, 7) is 6.23. The molecule has 54 heavy (non-hydrogen) atoms. The first kappa shape index (κ1) is 34.9. The number of carbonyl (C=O) groups is 2. The minimum absolute atomic E-state index is 0.0179. The summed E-state index contributed by atoms with van der Waals surface area (Å²) in [4.78, 5) is 30.8. The Hall–Kier alpha value is -6.21. The van der Waals surface area contributed by atoms with Gasteiger partial charge in [-0.25, -0.2) is 0 Å². The van der Waals surface area contributed by atoms with E-state index in [1.165, 1.54) is 45.0 Å². The lowest BCUT2D eigenvalue weighted by Crippen LogP contribution is -2.32. The molecule has 7 heteroatoms. The number of anilines is 5. The van der Waals surface area contributed by atoms with Crippen LogP contribution in [0.4, 0.5) is 28.4 Å². The molecule has 0 atom stereocenters. The Morgan fingerprint density at radius 3 is 1.69 bits per heavy atom. The van der Waals surface area contributed by atoms with Gasteiger partial charge >= 0.3 is 0 Å².